The van der Waals surface area contributed by atoms with Gasteiger partial charge in [0, 0.05) is 33.9 Å². The van der Waals surface area contributed by atoms with Crippen molar-refractivity contribution in [1.29, 1.82) is 0 Å². The van der Waals surface area contributed by atoms with Gasteiger partial charge >= 0.3 is 0 Å². The van der Waals surface area contributed by atoms with E-state index < -0.39 is 0 Å². The first-order valence-electron chi connectivity index (χ1n) is 13.6. The van der Waals surface area contributed by atoms with Crippen molar-refractivity contribution in [2.75, 3.05) is 0 Å². The number of phenols is 1. The topological polar surface area (TPSA) is 41.8 Å². The molecule has 5 aromatic carbocycles. The van der Waals surface area contributed by atoms with Crippen molar-refractivity contribution < 1.29 is 9.84 Å². The average molecular weight is 526 g/mol. The summed E-state index contributed by atoms with van der Waals surface area (Å²) in [5.41, 5.74) is 8.40. The zero-order valence-corrected chi connectivity index (χ0v) is 23.8. The summed E-state index contributed by atoms with van der Waals surface area (Å²) in [6.45, 7) is 10.5. The van der Waals surface area contributed by atoms with Crippen LogP contribution in [0, 0.1) is 20.8 Å². The summed E-state index contributed by atoms with van der Waals surface area (Å²) in [7, 11) is 0. The van der Waals surface area contributed by atoms with Gasteiger partial charge in [-0.05, 0) is 67.8 Å². The Bertz CT molecular complexity index is 1670. The number of ether oxygens (including phenoxy) is 1. The van der Waals surface area contributed by atoms with Crippen molar-refractivity contribution in [2.24, 2.45) is 4.99 Å². The second-order valence-corrected chi connectivity index (χ2v) is 10.9. The van der Waals surface area contributed by atoms with Gasteiger partial charge in [0.2, 0.25) is 0 Å². The molecule has 0 aromatic heterocycles. The number of phenolic OH excluding ortho intramolecular Hbond substituents is 1. The summed E-state index contributed by atoms with van der Waals surface area (Å²) in [6, 6.07) is 36.5. The van der Waals surface area contributed by atoms with Crippen molar-refractivity contribution in [3.8, 4) is 28.4 Å². The van der Waals surface area contributed by atoms with Crippen molar-refractivity contribution in [2.45, 2.75) is 40.0 Å². The molecule has 0 spiro atoms. The first-order valence-corrected chi connectivity index (χ1v) is 13.6. The van der Waals surface area contributed by atoms with Crippen LogP contribution in [0.15, 0.2) is 114 Å². The summed E-state index contributed by atoms with van der Waals surface area (Å²) in [5.74, 6) is 1.80. The summed E-state index contributed by atoms with van der Waals surface area (Å²) in [4.78, 5) is 5.00. The van der Waals surface area contributed by atoms with E-state index in [0.717, 1.165) is 56.1 Å². The maximum Gasteiger partial charge on any atom is 0.135 e. The third-order valence-corrected chi connectivity index (χ3v) is 7.38. The minimum Gasteiger partial charge on any atom is -0.507 e. The van der Waals surface area contributed by atoms with Crippen LogP contribution >= 0.6 is 0 Å². The van der Waals surface area contributed by atoms with Gasteiger partial charge in [-0.25, -0.2) is 0 Å². The summed E-state index contributed by atoms with van der Waals surface area (Å²) in [5, 5.41) is 11.5. The summed E-state index contributed by atoms with van der Waals surface area (Å²) < 4.78 is 6.30. The molecule has 1 N–H and O–H groups in total. The van der Waals surface area contributed by atoms with E-state index in [4.69, 9.17) is 9.73 Å². The standard InChI is InChI=1S/C37H35NO2/c1-25-20-27(3)35(32(22-25)31-18-12-13-19-34(31)40-30-16-10-7-11-17-30)38-24-28-21-26(2)23-33(36(28)39)37(4,5)29-14-8-6-9-15-29/h6-24,39H,1-5H3. The lowest BCUT2D eigenvalue weighted by Gasteiger charge is -2.28. The molecule has 0 unspecified atom stereocenters. The molecule has 0 heterocycles. The number of aryl methyl sites for hydroxylation is 3. The van der Waals surface area contributed by atoms with E-state index in [0.29, 0.717) is 5.56 Å². The van der Waals surface area contributed by atoms with E-state index in [-0.39, 0.29) is 11.2 Å². The van der Waals surface area contributed by atoms with Crippen LogP contribution in [0.25, 0.3) is 11.1 Å². The highest BCUT2D eigenvalue weighted by Gasteiger charge is 2.27. The number of aromatic hydroxyl groups is 1. The van der Waals surface area contributed by atoms with Gasteiger partial charge in [0.1, 0.15) is 17.2 Å². The fraction of sp³-hybridized carbons (Fsp3) is 0.162. The highest BCUT2D eigenvalue weighted by molar-refractivity contribution is 5.91. The van der Waals surface area contributed by atoms with E-state index in [1.54, 1.807) is 6.21 Å². The number of para-hydroxylation sites is 2. The minimum atomic E-state index is -0.376. The quantitative estimate of drug-likeness (QED) is 0.215. The van der Waals surface area contributed by atoms with Gasteiger partial charge in [-0.3, -0.25) is 4.99 Å². The zero-order chi connectivity index (χ0) is 28.3. The zero-order valence-electron chi connectivity index (χ0n) is 23.8. The molecule has 0 bridgehead atoms. The largest absolute Gasteiger partial charge is 0.507 e. The Morgan fingerprint density at radius 3 is 2.05 bits per heavy atom. The highest BCUT2D eigenvalue weighted by atomic mass is 16.5. The van der Waals surface area contributed by atoms with Crippen LogP contribution in [-0.4, -0.2) is 11.3 Å². The Labute approximate surface area is 237 Å². The third kappa shape index (κ3) is 5.55. The molecular weight excluding hydrogens is 490 g/mol. The van der Waals surface area contributed by atoms with Gasteiger partial charge < -0.3 is 9.84 Å². The van der Waals surface area contributed by atoms with Crippen molar-refractivity contribution in [3.05, 3.63) is 143 Å². The maximum absolute atomic E-state index is 11.5. The minimum absolute atomic E-state index is 0.252. The Hall–Kier alpha value is -4.63. The molecule has 3 nitrogen and oxygen atoms in total. The molecule has 40 heavy (non-hydrogen) atoms. The molecule has 5 aromatic rings. The normalized spacial score (nSPS) is 11.6. The third-order valence-electron chi connectivity index (χ3n) is 7.38. The van der Waals surface area contributed by atoms with E-state index in [1.807, 2.05) is 72.8 Å². The molecule has 0 fully saturated rings. The smallest absolute Gasteiger partial charge is 0.135 e. The first-order chi connectivity index (χ1) is 19.2. The van der Waals surface area contributed by atoms with Crippen LogP contribution in [0.1, 0.15) is 47.2 Å². The lowest BCUT2D eigenvalue weighted by molar-refractivity contribution is 0.452. The number of aliphatic imine (C=N–C) groups is 1. The Kier molecular flexibility index (Phi) is 7.57. The monoisotopic (exact) mass is 525 g/mol. The fourth-order valence-corrected chi connectivity index (χ4v) is 5.26. The molecule has 0 saturated heterocycles. The first kappa shape index (κ1) is 27.0. The maximum atomic E-state index is 11.5. The Morgan fingerprint density at radius 1 is 0.700 bits per heavy atom. The molecule has 0 saturated carbocycles. The van der Waals surface area contributed by atoms with Crippen molar-refractivity contribution in [3.63, 3.8) is 0 Å². The van der Waals surface area contributed by atoms with Crippen LogP contribution in [-0.2, 0) is 5.41 Å². The second kappa shape index (κ2) is 11.2. The average Bonchev–Trinajstić information content (AvgIpc) is 2.95. The van der Waals surface area contributed by atoms with Crippen molar-refractivity contribution in [1.82, 2.24) is 0 Å². The predicted octanol–water partition coefficient (Wildman–Crippen LogP) is 9.85. The number of benzene rings is 5. The number of rotatable bonds is 7. The van der Waals surface area contributed by atoms with Crippen LogP contribution < -0.4 is 4.74 Å². The van der Waals surface area contributed by atoms with Crippen LogP contribution in [0.3, 0.4) is 0 Å². The fourth-order valence-electron chi connectivity index (χ4n) is 5.26. The highest BCUT2D eigenvalue weighted by Crippen LogP contribution is 2.42. The van der Waals surface area contributed by atoms with Gasteiger partial charge in [0.25, 0.3) is 0 Å². The predicted molar refractivity (Wildman–Crippen MR) is 167 cm³/mol. The second-order valence-electron chi connectivity index (χ2n) is 10.9. The number of hydrogen-bond donors (Lipinski definition) is 1. The molecule has 0 atom stereocenters. The molecule has 5 rings (SSSR count). The number of hydrogen-bond acceptors (Lipinski definition) is 3. The Balaban J connectivity index is 1.59. The SMILES string of the molecule is Cc1cc(C)c(N=Cc2cc(C)cc(C(C)(C)c3ccccc3)c2O)c(-c2ccccc2Oc2ccccc2)c1. The molecule has 0 radical (unpaired) electrons. The molecule has 200 valence electrons. The molecular formula is C37H35NO2. The van der Waals surface area contributed by atoms with Crippen LogP contribution in [0.5, 0.6) is 17.2 Å². The van der Waals surface area contributed by atoms with Gasteiger partial charge in [0.15, 0.2) is 0 Å². The van der Waals surface area contributed by atoms with Gasteiger partial charge in [-0.2, -0.15) is 0 Å². The van der Waals surface area contributed by atoms with E-state index in [1.165, 1.54) is 0 Å². The lowest BCUT2D eigenvalue weighted by Crippen LogP contribution is -2.19. The van der Waals surface area contributed by atoms with E-state index >= 15 is 0 Å². The van der Waals surface area contributed by atoms with Crippen LogP contribution in [0.2, 0.25) is 0 Å². The molecule has 3 heteroatoms. The summed E-state index contributed by atoms with van der Waals surface area (Å²) >= 11 is 0. The van der Waals surface area contributed by atoms with E-state index in [9.17, 15) is 5.11 Å². The van der Waals surface area contributed by atoms with Gasteiger partial charge in [0.05, 0.1) is 5.69 Å². The van der Waals surface area contributed by atoms with Gasteiger partial charge in [-0.1, -0.05) is 98.3 Å². The van der Waals surface area contributed by atoms with Gasteiger partial charge in [-0.15, -0.1) is 0 Å². The molecule has 0 aliphatic carbocycles. The molecule has 0 amide bonds. The van der Waals surface area contributed by atoms with Crippen molar-refractivity contribution >= 4 is 11.9 Å². The Morgan fingerprint density at radius 2 is 1.32 bits per heavy atom. The van der Waals surface area contributed by atoms with E-state index in [2.05, 4.69) is 71.0 Å². The number of nitrogens with zero attached hydrogens (tertiary/aromatic N) is 1. The lowest BCUT2D eigenvalue weighted by atomic mass is 9.76. The van der Waals surface area contributed by atoms with Crippen LogP contribution in [0.4, 0.5) is 5.69 Å². The summed E-state index contributed by atoms with van der Waals surface area (Å²) in [6.07, 6.45) is 1.79. The molecule has 0 aliphatic rings. The molecule has 0 aliphatic heterocycles.